The van der Waals surface area contributed by atoms with Crippen molar-refractivity contribution in [1.82, 2.24) is 4.47 Å². The molecular formula is C23H28N3O6S-. The number of fused-ring (bicyclic) bond motifs is 2. The molecule has 1 aromatic carbocycles. The number of carbonyl (C=O) groups excluding carboxylic acids is 1. The van der Waals surface area contributed by atoms with Crippen LogP contribution in [0.5, 0.6) is 0 Å². The summed E-state index contributed by atoms with van der Waals surface area (Å²) in [7, 11) is -4.74. The van der Waals surface area contributed by atoms with Gasteiger partial charge in [0.25, 0.3) is 0 Å². The molecule has 0 radical (unpaired) electrons. The first-order chi connectivity index (χ1) is 15.9. The highest BCUT2D eigenvalue weighted by Crippen LogP contribution is 2.39. The lowest BCUT2D eigenvalue weighted by molar-refractivity contribution is 0.0868. The van der Waals surface area contributed by atoms with Crippen LogP contribution in [-0.4, -0.2) is 38.2 Å². The van der Waals surface area contributed by atoms with E-state index in [0.29, 0.717) is 37.5 Å². The number of anilines is 2. The van der Waals surface area contributed by atoms with E-state index >= 15 is 0 Å². The zero-order valence-corrected chi connectivity index (χ0v) is 19.4. The zero-order chi connectivity index (χ0) is 23.2. The molecule has 1 aromatic heterocycles. The first-order valence-electron chi connectivity index (χ1n) is 11.5. The molecule has 0 bridgehead atoms. The molecule has 2 aromatic rings. The Labute approximate surface area is 193 Å². The molecule has 0 atom stereocenters. The summed E-state index contributed by atoms with van der Waals surface area (Å²) in [5.74, 6) is 0.532. The van der Waals surface area contributed by atoms with E-state index in [1.165, 1.54) is 17.2 Å². The Morgan fingerprint density at radius 1 is 1.06 bits per heavy atom. The van der Waals surface area contributed by atoms with Crippen molar-refractivity contribution in [2.45, 2.75) is 64.3 Å². The fourth-order valence-electron chi connectivity index (χ4n) is 5.25. The molecule has 5 rings (SSSR count). The number of hydroxylamine groups is 1. The van der Waals surface area contributed by atoms with Crippen molar-refractivity contribution in [2.75, 3.05) is 22.8 Å². The molecule has 3 aliphatic rings. The molecule has 1 saturated heterocycles. The third-order valence-corrected chi connectivity index (χ3v) is 8.35. The number of furan rings is 1. The minimum atomic E-state index is -4.74. The van der Waals surface area contributed by atoms with Crippen molar-refractivity contribution in [3.05, 3.63) is 51.4 Å². The number of benzene rings is 1. The summed E-state index contributed by atoms with van der Waals surface area (Å²) in [6.45, 7) is 2.42. The Morgan fingerprint density at radius 3 is 2.27 bits per heavy atom. The van der Waals surface area contributed by atoms with Crippen molar-refractivity contribution in [1.29, 1.82) is 0 Å². The van der Waals surface area contributed by atoms with E-state index in [0.717, 1.165) is 54.0 Å². The topological polar surface area (TPSA) is 115 Å². The fourth-order valence-corrected chi connectivity index (χ4v) is 6.57. The highest BCUT2D eigenvalue weighted by molar-refractivity contribution is 7.91. The maximum atomic E-state index is 13.4. The first-order valence-corrected chi connectivity index (χ1v) is 12.9. The number of ether oxygens (including phenoxy) is 1. The number of carbonyl (C=O) groups is 1. The summed E-state index contributed by atoms with van der Waals surface area (Å²) in [5.41, 5.74) is 5.04. The second kappa shape index (κ2) is 8.66. The van der Waals surface area contributed by atoms with Gasteiger partial charge < -0.3 is 19.7 Å². The number of hydrogen-bond donors (Lipinski definition) is 1. The molecule has 178 valence electrons. The van der Waals surface area contributed by atoms with Gasteiger partial charge in [-0.2, -0.15) is 8.42 Å². The van der Waals surface area contributed by atoms with Crippen LogP contribution in [0.2, 0.25) is 0 Å². The van der Waals surface area contributed by atoms with E-state index in [4.69, 9.17) is 9.15 Å². The van der Waals surface area contributed by atoms with Crippen molar-refractivity contribution >= 4 is 27.8 Å². The van der Waals surface area contributed by atoms with Gasteiger partial charge in [0, 0.05) is 25.0 Å². The number of nitrogens with one attached hydrogen (secondary N) is 1. The quantitative estimate of drug-likeness (QED) is 0.659. The van der Waals surface area contributed by atoms with Gasteiger partial charge in [0.05, 0.1) is 6.04 Å². The highest BCUT2D eigenvalue weighted by Gasteiger charge is 2.37. The summed E-state index contributed by atoms with van der Waals surface area (Å²) in [4.78, 5) is 13.0. The monoisotopic (exact) mass is 474 g/mol. The van der Waals surface area contributed by atoms with Crippen molar-refractivity contribution in [2.24, 2.45) is 0 Å². The second-order valence-electron chi connectivity index (χ2n) is 8.92. The van der Waals surface area contributed by atoms with Crippen LogP contribution in [0.3, 0.4) is 0 Å². The van der Waals surface area contributed by atoms with E-state index in [1.807, 2.05) is 0 Å². The molecule has 33 heavy (non-hydrogen) atoms. The van der Waals surface area contributed by atoms with E-state index in [-0.39, 0.29) is 5.88 Å². The smallest absolute Gasteiger partial charge is 0.326 e. The van der Waals surface area contributed by atoms with Gasteiger partial charge in [-0.3, -0.25) is 4.47 Å². The lowest BCUT2D eigenvalue weighted by Gasteiger charge is -2.38. The van der Waals surface area contributed by atoms with Gasteiger partial charge in [0.2, 0.25) is 5.88 Å². The maximum Gasteiger partial charge on any atom is 0.326 e. The summed E-state index contributed by atoms with van der Waals surface area (Å²) < 4.78 is 38.3. The third kappa shape index (κ3) is 4.00. The molecule has 1 fully saturated rings. The van der Waals surface area contributed by atoms with Gasteiger partial charge >= 0.3 is 16.2 Å². The molecule has 0 spiro atoms. The number of urea groups is 1. The Bertz CT molecular complexity index is 1140. The van der Waals surface area contributed by atoms with Crippen LogP contribution in [0, 0.1) is 12.1 Å². The van der Waals surface area contributed by atoms with Crippen molar-refractivity contribution in [3.63, 3.8) is 0 Å². The summed E-state index contributed by atoms with van der Waals surface area (Å²) >= 11 is 0. The molecule has 2 aliphatic carbocycles. The number of amides is 2. The van der Waals surface area contributed by atoms with Gasteiger partial charge in [-0.15, -0.1) is 0 Å². The number of rotatable bonds is 5. The van der Waals surface area contributed by atoms with Crippen LogP contribution < -0.4 is 9.62 Å². The van der Waals surface area contributed by atoms with E-state index in [1.54, 1.807) is 13.0 Å². The van der Waals surface area contributed by atoms with Crippen LogP contribution in [0.1, 0.15) is 53.7 Å². The molecule has 0 saturated carbocycles. The number of hydrogen-bond acceptors (Lipinski definition) is 6. The van der Waals surface area contributed by atoms with Gasteiger partial charge in [-0.05, 0) is 86.6 Å². The average molecular weight is 475 g/mol. The number of nitrogens with zero attached hydrogens (tertiary/aromatic N) is 2. The molecular weight excluding hydrogens is 446 g/mol. The normalized spacial score (nSPS) is 18.1. The van der Waals surface area contributed by atoms with E-state index in [9.17, 15) is 18.4 Å². The number of aryl methyl sites for hydroxylation is 3. The van der Waals surface area contributed by atoms with Crippen LogP contribution in [0.25, 0.3) is 0 Å². The zero-order valence-electron chi connectivity index (χ0n) is 18.6. The molecule has 2 heterocycles. The standard InChI is InChI=1S/C23H28N3O6S/c1-15-8-9-21(32-15)25(18-10-12-31-13-11-18)33(29,30)26(28)23(27)24-22-19-6-2-4-16(19)14-17-5-3-7-20(17)22/h8-9,14,18H,2-7,10-13H2,1H3,(H,24,27)/q-1. The molecule has 10 heteroatoms. The Kier molecular flexibility index (Phi) is 5.84. The summed E-state index contributed by atoms with van der Waals surface area (Å²) in [6.07, 6.45) is 6.24. The largest absolute Gasteiger partial charge is 0.740 e. The van der Waals surface area contributed by atoms with Gasteiger partial charge in [0.15, 0.2) is 0 Å². The molecule has 0 unspecified atom stereocenters. The Morgan fingerprint density at radius 2 is 1.70 bits per heavy atom. The van der Waals surface area contributed by atoms with E-state index < -0.39 is 26.8 Å². The summed E-state index contributed by atoms with van der Waals surface area (Å²) in [6, 6.07) is 3.60. The molecule has 9 nitrogen and oxygen atoms in total. The average Bonchev–Trinajstić information content (AvgIpc) is 3.55. The van der Waals surface area contributed by atoms with Crippen LogP contribution in [0.15, 0.2) is 22.6 Å². The van der Waals surface area contributed by atoms with Gasteiger partial charge in [0.1, 0.15) is 5.76 Å². The molecule has 1 N–H and O–H groups in total. The van der Waals surface area contributed by atoms with Gasteiger partial charge in [-0.25, -0.2) is 9.10 Å². The van der Waals surface area contributed by atoms with Crippen LogP contribution >= 0.6 is 0 Å². The minimum absolute atomic E-state index is 0.0227. The van der Waals surface area contributed by atoms with Crippen molar-refractivity contribution < 1.29 is 22.4 Å². The van der Waals surface area contributed by atoms with Crippen LogP contribution in [-0.2, 0) is 40.6 Å². The maximum absolute atomic E-state index is 13.4. The minimum Gasteiger partial charge on any atom is -0.740 e. The molecule has 1 aliphatic heterocycles. The van der Waals surface area contributed by atoms with Crippen molar-refractivity contribution in [3.8, 4) is 0 Å². The second-order valence-corrected chi connectivity index (χ2v) is 10.5. The van der Waals surface area contributed by atoms with Gasteiger partial charge in [-0.1, -0.05) is 6.07 Å². The Hall–Kier alpha value is -2.56. The third-order valence-electron chi connectivity index (χ3n) is 6.79. The molecule has 2 amide bonds. The first kappa shape index (κ1) is 22.2. The van der Waals surface area contributed by atoms with Crippen LogP contribution in [0.4, 0.5) is 16.4 Å². The fraction of sp³-hybridized carbons (Fsp3) is 0.522. The lowest BCUT2D eigenvalue weighted by atomic mass is 9.99. The predicted octanol–water partition coefficient (Wildman–Crippen LogP) is 3.83. The SMILES string of the molecule is Cc1ccc(N(C2CCOCC2)S(=O)(=O)N([O-])C(=O)Nc2c3c(cc4c2CCC4)CCC3)o1. The Balaban J connectivity index is 1.45. The lowest BCUT2D eigenvalue weighted by Crippen LogP contribution is -2.51. The highest BCUT2D eigenvalue weighted by atomic mass is 32.2. The predicted molar refractivity (Wildman–Crippen MR) is 123 cm³/mol. The summed E-state index contributed by atoms with van der Waals surface area (Å²) in [5, 5.41) is 15.7. The van der Waals surface area contributed by atoms with E-state index in [2.05, 4.69) is 11.4 Å².